The number of halogens is 2. The lowest BCUT2D eigenvalue weighted by Gasteiger charge is -2.30. The van der Waals surface area contributed by atoms with E-state index in [2.05, 4.69) is 30.7 Å². The largest absolute Gasteiger partial charge is 0.382 e. The zero-order valence-electron chi connectivity index (χ0n) is 13.2. The van der Waals surface area contributed by atoms with Gasteiger partial charge in [-0.05, 0) is 29.5 Å². The third-order valence-electron chi connectivity index (χ3n) is 3.64. The predicted octanol–water partition coefficient (Wildman–Crippen LogP) is 2.48. The van der Waals surface area contributed by atoms with Gasteiger partial charge >= 0.3 is 0 Å². The second kappa shape index (κ2) is 7.69. The van der Waals surface area contributed by atoms with E-state index in [1.165, 1.54) is 18.1 Å². The van der Waals surface area contributed by atoms with Gasteiger partial charge in [-0.2, -0.15) is 5.10 Å². The summed E-state index contributed by atoms with van der Waals surface area (Å²) < 4.78 is 1.56. The first-order valence-corrected chi connectivity index (χ1v) is 9.14. The van der Waals surface area contributed by atoms with E-state index in [1.54, 1.807) is 29.2 Å². The molecule has 0 aliphatic rings. The van der Waals surface area contributed by atoms with E-state index < -0.39 is 5.60 Å². The Kier molecular flexibility index (Phi) is 5.57. The van der Waals surface area contributed by atoms with Crippen LogP contribution in [0.5, 0.6) is 0 Å². The Morgan fingerprint density at radius 3 is 2.88 bits per heavy atom. The first-order chi connectivity index (χ1) is 12.0. The molecule has 0 amide bonds. The van der Waals surface area contributed by atoms with Gasteiger partial charge in [0, 0.05) is 21.4 Å². The van der Waals surface area contributed by atoms with Crippen molar-refractivity contribution in [2.24, 2.45) is 0 Å². The highest BCUT2D eigenvalue weighted by Crippen LogP contribution is 2.37. The van der Waals surface area contributed by atoms with Crippen LogP contribution in [0, 0.1) is 0 Å². The zero-order valence-corrected chi connectivity index (χ0v) is 15.5. The number of rotatable bonds is 7. The average molecular weight is 400 g/mol. The normalized spacial score (nSPS) is 15.0. The third-order valence-corrected chi connectivity index (χ3v) is 5.56. The standard InChI is InChI=1S/C14H15Cl2N7OS/c1-9(13-19-21-22-20-13)25-6-14(24,5-23-8-17-7-18-23)11-3-2-10(15)4-12(11)16/h2-4,7-9,24H,5-6H2,1H3,(H,19,20,21,22). The number of H-pyrrole nitrogens is 1. The van der Waals surface area contributed by atoms with Crippen molar-refractivity contribution in [3.05, 3.63) is 52.3 Å². The van der Waals surface area contributed by atoms with Gasteiger partial charge < -0.3 is 5.11 Å². The summed E-state index contributed by atoms with van der Waals surface area (Å²) in [6.07, 6.45) is 2.96. The van der Waals surface area contributed by atoms with Gasteiger partial charge in [-0.15, -0.1) is 16.9 Å². The van der Waals surface area contributed by atoms with Crippen LogP contribution in [0.15, 0.2) is 30.9 Å². The molecular formula is C14H15Cl2N7OS. The van der Waals surface area contributed by atoms with E-state index in [1.807, 2.05) is 6.92 Å². The van der Waals surface area contributed by atoms with Crippen molar-refractivity contribution in [1.29, 1.82) is 0 Å². The van der Waals surface area contributed by atoms with Crippen molar-refractivity contribution in [2.45, 2.75) is 24.3 Å². The van der Waals surface area contributed by atoms with Crippen LogP contribution < -0.4 is 0 Å². The number of aromatic nitrogens is 7. The van der Waals surface area contributed by atoms with Crippen LogP contribution in [0.25, 0.3) is 0 Å². The number of nitrogens with one attached hydrogen (secondary N) is 1. The molecule has 2 unspecified atom stereocenters. The van der Waals surface area contributed by atoms with Crippen molar-refractivity contribution in [2.75, 3.05) is 5.75 Å². The van der Waals surface area contributed by atoms with E-state index in [0.717, 1.165) is 0 Å². The first-order valence-electron chi connectivity index (χ1n) is 7.33. The SMILES string of the molecule is CC(SCC(O)(Cn1cncn1)c1ccc(Cl)cc1Cl)c1nnn[nH]1. The summed E-state index contributed by atoms with van der Waals surface area (Å²) in [5.74, 6) is 0.978. The topological polar surface area (TPSA) is 105 Å². The van der Waals surface area contributed by atoms with Gasteiger partial charge in [-0.25, -0.2) is 14.8 Å². The molecule has 2 heterocycles. The summed E-state index contributed by atoms with van der Waals surface area (Å²) in [6, 6.07) is 5.03. The summed E-state index contributed by atoms with van der Waals surface area (Å²) >= 11 is 13.8. The van der Waals surface area contributed by atoms with Crippen LogP contribution in [0.1, 0.15) is 23.6 Å². The highest BCUT2D eigenvalue weighted by atomic mass is 35.5. The minimum absolute atomic E-state index is 0.0386. The maximum Gasteiger partial charge on any atom is 0.161 e. The van der Waals surface area contributed by atoms with Crippen molar-refractivity contribution >= 4 is 35.0 Å². The van der Waals surface area contributed by atoms with E-state index in [9.17, 15) is 5.11 Å². The minimum atomic E-state index is -1.28. The molecule has 0 aliphatic heterocycles. The minimum Gasteiger partial charge on any atom is -0.382 e. The van der Waals surface area contributed by atoms with Crippen LogP contribution in [0.4, 0.5) is 0 Å². The summed E-state index contributed by atoms with van der Waals surface area (Å²) in [5, 5.41) is 30.1. The molecule has 2 N–H and O–H groups in total. The Bertz CT molecular complexity index is 815. The first kappa shape index (κ1) is 18.1. The maximum atomic E-state index is 11.4. The molecular weight excluding hydrogens is 385 g/mol. The smallest absolute Gasteiger partial charge is 0.161 e. The van der Waals surface area contributed by atoms with Crippen LogP contribution in [0.2, 0.25) is 10.0 Å². The van der Waals surface area contributed by atoms with E-state index in [4.69, 9.17) is 23.2 Å². The molecule has 25 heavy (non-hydrogen) atoms. The molecule has 8 nitrogen and oxygen atoms in total. The number of benzene rings is 1. The van der Waals surface area contributed by atoms with E-state index >= 15 is 0 Å². The van der Waals surface area contributed by atoms with Gasteiger partial charge in [0.2, 0.25) is 0 Å². The monoisotopic (exact) mass is 399 g/mol. The quantitative estimate of drug-likeness (QED) is 0.628. The summed E-state index contributed by atoms with van der Waals surface area (Å²) in [6.45, 7) is 2.15. The Balaban J connectivity index is 1.85. The lowest BCUT2D eigenvalue weighted by Crippen LogP contribution is -2.35. The van der Waals surface area contributed by atoms with Crippen molar-refractivity contribution in [1.82, 2.24) is 35.4 Å². The molecule has 3 aromatic rings. The van der Waals surface area contributed by atoms with E-state index in [-0.39, 0.29) is 11.8 Å². The van der Waals surface area contributed by atoms with Crippen LogP contribution in [-0.4, -0.2) is 46.2 Å². The lowest BCUT2D eigenvalue weighted by atomic mass is 9.95. The number of thioether (sulfide) groups is 1. The van der Waals surface area contributed by atoms with Gasteiger partial charge in [0.25, 0.3) is 0 Å². The fraction of sp³-hybridized carbons (Fsp3) is 0.357. The summed E-state index contributed by atoms with van der Waals surface area (Å²) in [5.41, 5.74) is -0.702. The second-order valence-corrected chi connectivity index (χ2v) is 7.66. The molecule has 0 saturated carbocycles. The van der Waals surface area contributed by atoms with Crippen LogP contribution >= 0.6 is 35.0 Å². The van der Waals surface area contributed by atoms with Gasteiger partial charge in [0.05, 0.1) is 11.8 Å². The molecule has 0 fully saturated rings. The number of aliphatic hydroxyl groups is 1. The van der Waals surface area contributed by atoms with Crippen LogP contribution in [0.3, 0.4) is 0 Å². The molecule has 3 rings (SSSR count). The van der Waals surface area contributed by atoms with Gasteiger partial charge in [0.15, 0.2) is 5.82 Å². The molecule has 0 spiro atoms. The fourth-order valence-electron chi connectivity index (χ4n) is 2.34. The Hall–Kier alpha value is -1.68. The zero-order chi connectivity index (χ0) is 17.9. The molecule has 2 atom stereocenters. The van der Waals surface area contributed by atoms with Crippen molar-refractivity contribution in [3.8, 4) is 0 Å². The Labute approximate surface area is 157 Å². The molecule has 0 bridgehead atoms. The summed E-state index contributed by atoms with van der Waals surface area (Å²) in [4.78, 5) is 3.92. The number of nitrogens with zero attached hydrogens (tertiary/aromatic N) is 6. The molecule has 11 heteroatoms. The number of hydrogen-bond donors (Lipinski definition) is 2. The van der Waals surface area contributed by atoms with Gasteiger partial charge in [-0.3, -0.25) is 0 Å². The second-order valence-electron chi connectivity index (χ2n) is 5.49. The highest BCUT2D eigenvalue weighted by Gasteiger charge is 2.33. The lowest BCUT2D eigenvalue weighted by molar-refractivity contribution is 0.0397. The molecule has 2 aromatic heterocycles. The summed E-state index contributed by atoms with van der Waals surface area (Å²) in [7, 11) is 0. The molecule has 1 aromatic carbocycles. The Morgan fingerprint density at radius 2 is 2.24 bits per heavy atom. The predicted molar refractivity (Wildman–Crippen MR) is 95.4 cm³/mol. The van der Waals surface area contributed by atoms with Crippen LogP contribution in [-0.2, 0) is 12.1 Å². The molecule has 0 radical (unpaired) electrons. The molecule has 132 valence electrons. The molecule has 0 saturated heterocycles. The van der Waals surface area contributed by atoms with Crippen molar-refractivity contribution < 1.29 is 5.11 Å². The molecule has 0 aliphatic carbocycles. The van der Waals surface area contributed by atoms with Gasteiger partial charge in [0.1, 0.15) is 18.3 Å². The third kappa shape index (κ3) is 4.30. The Morgan fingerprint density at radius 1 is 1.40 bits per heavy atom. The van der Waals surface area contributed by atoms with Crippen molar-refractivity contribution in [3.63, 3.8) is 0 Å². The average Bonchev–Trinajstić information content (AvgIpc) is 3.26. The highest BCUT2D eigenvalue weighted by molar-refractivity contribution is 7.99. The number of tetrazole rings is 1. The van der Waals surface area contributed by atoms with E-state index in [0.29, 0.717) is 27.2 Å². The number of aromatic amines is 1. The fourth-order valence-corrected chi connectivity index (χ4v) is 3.95. The number of hydrogen-bond acceptors (Lipinski definition) is 7. The maximum absolute atomic E-state index is 11.4. The van der Waals surface area contributed by atoms with Gasteiger partial charge in [-0.1, -0.05) is 29.3 Å².